The van der Waals surface area contributed by atoms with Gasteiger partial charge in [0.15, 0.2) is 0 Å². The SMILES string of the molecule is CC1CN(Cc2cccc(C3CC3)c2)CC(C)N1. The van der Waals surface area contributed by atoms with Gasteiger partial charge in [-0.05, 0) is 43.7 Å². The Balaban J connectivity index is 1.66. The Morgan fingerprint density at radius 1 is 1.17 bits per heavy atom. The van der Waals surface area contributed by atoms with Crippen molar-refractivity contribution in [3.63, 3.8) is 0 Å². The van der Waals surface area contributed by atoms with Crippen molar-refractivity contribution in [2.45, 2.75) is 51.2 Å². The second kappa shape index (κ2) is 5.02. The van der Waals surface area contributed by atoms with Gasteiger partial charge in [0.1, 0.15) is 0 Å². The van der Waals surface area contributed by atoms with Crippen molar-refractivity contribution >= 4 is 0 Å². The van der Waals surface area contributed by atoms with Gasteiger partial charge in [-0.25, -0.2) is 0 Å². The molecule has 2 atom stereocenters. The summed E-state index contributed by atoms with van der Waals surface area (Å²) in [6.07, 6.45) is 2.79. The molecule has 2 unspecified atom stereocenters. The standard InChI is InChI=1S/C16H24N2/c1-12-9-18(10-13(2)17-12)11-14-4-3-5-16(8-14)15-6-7-15/h3-5,8,12-13,15,17H,6-7,9-11H2,1-2H3. The van der Waals surface area contributed by atoms with Crippen LogP contribution in [0.3, 0.4) is 0 Å². The van der Waals surface area contributed by atoms with E-state index in [4.69, 9.17) is 0 Å². The van der Waals surface area contributed by atoms with Gasteiger partial charge in [-0.3, -0.25) is 4.90 Å². The quantitative estimate of drug-likeness (QED) is 0.879. The molecule has 1 aromatic carbocycles. The van der Waals surface area contributed by atoms with Crippen molar-refractivity contribution in [1.29, 1.82) is 0 Å². The lowest BCUT2D eigenvalue weighted by atomic mass is 10.1. The molecule has 18 heavy (non-hydrogen) atoms. The highest BCUT2D eigenvalue weighted by molar-refractivity contribution is 5.29. The molecule has 0 bridgehead atoms. The summed E-state index contributed by atoms with van der Waals surface area (Å²) in [5, 5.41) is 3.59. The molecule has 2 aliphatic rings. The Kier molecular flexibility index (Phi) is 3.40. The van der Waals surface area contributed by atoms with Gasteiger partial charge in [-0.2, -0.15) is 0 Å². The zero-order chi connectivity index (χ0) is 12.5. The fraction of sp³-hybridized carbons (Fsp3) is 0.625. The lowest BCUT2D eigenvalue weighted by molar-refractivity contribution is 0.166. The van der Waals surface area contributed by atoms with Gasteiger partial charge in [0.05, 0.1) is 0 Å². The number of hydrogen-bond donors (Lipinski definition) is 1. The van der Waals surface area contributed by atoms with Crippen LogP contribution in [0.4, 0.5) is 0 Å². The molecule has 1 heterocycles. The largest absolute Gasteiger partial charge is 0.309 e. The summed E-state index contributed by atoms with van der Waals surface area (Å²) < 4.78 is 0. The van der Waals surface area contributed by atoms with Crippen LogP contribution in [-0.2, 0) is 6.54 Å². The molecule has 0 aromatic heterocycles. The average molecular weight is 244 g/mol. The third kappa shape index (κ3) is 2.93. The molecular weight excluding hydrogens is 220 g/mol. The van der Waals surface area contributed by atoms with E-state index >= 15 is 0 Å². The molecule has 2 heteroatoms. The van der Waals surface area contributed by atoms with Crippen LogP contribution < -0.4 is 5.32 Å². The predicted molar refractivity (Wildman–Crippen MR) is 75.8 cm³/mol. The van der Waals surface area contributed by atoms with Gasteiger partial charge >= 0.3 is 0 Å². The van der Waals surface area contributed by atoms with Gasteiger partial charge in [0.25, 0.3) is 0 Å². The lowest BCUT2D eigenvalue weighted by Crippen LogP contribution is -2.53. The average Bonchev–Trinajstić information content (AvgIpc) is 3.11. The van der Waals surface area contributed by atoms with E-state index in [2.05, 4.69) is 48.3 Å². The minimum atomic E-state index is 0.611. The van der Waals surface area contributed by atoms with Crippen molar-refractivity contribution in [2.75, 3.05) is 13.1 Å². The van der Waals surface area contributed by atoms with Crippen LogP contribution in [0.5, 0.6) is 0 Å². The summed E-state index contributed by atoms with van der Waals surface area (Å²) in [5.41, 5.74) is 3.05. The molecule has 0 radical (unpaired) electrons. The van der Waals surface area contributed by atoms with Gasteiger partial charge in [0, 0.05) is 31.7 Å². The Hall–Kier alpha value is -0.860. The van der Waals surface area contributed by atoms with Crippen LogP contribution in [-0.4, -0.2) is 30.1 Å². The summed E-state index contributed by atoms with van der Waals surface area (Å²) >= 11 is 0. The normalized spacial score (nSPS) is 29.4. The molecule has 2 nitrogen and oxygen atoms in total. The molecule has 98 valence electrons. The first-order valence-corrected chi connectivity index (χ1v) is 7.28. The molecule has 1 saturated carbocycles. The highest BCUT2D eigenvalue weighted by atomic mass is 15.2. The molecular formula is C16H24N2. The Morgan fingerprint density at radius 3 is 2.56 bits per heavy atom. The molecule has 1 aliphatic heterocycles. The number of piperazine rings is 1. The minimum Gasteiger partial charge on any atom is -0.309 e. The Bertz CT molecular complexity index is 401. The van der Waals surface area contributed by atoms with Crippen molar-refractivity contribution in [2.24, 2.45) is 0 Å². The maximum Gasteiger partial charge on any atom is 0.0235 e. The molecule has 2 fully saturated rings. The van der Waals surface area contributed by atoms with Crippen molar-refractivity contribution in [3.05, 3.63) is 35.4 Å². The van der Waals surface area contributed by atoms with E-state index in [-0.39, 0.29) is 0 Å². The van der Waals surface area contributed by atoms with Gasteiger partial charge in [0.2, 0.25) is 0 Å². The molecule has 3 rings (SSSR count). The summed E-state index contributed by atoms with van der Waals surface area (Å²) in [4.78, 5) is 2.58. The van der Waals surface area contributed by atoms with E-state index in [1.54, 1.807) is 5.56 Å². The summed E-state index contributed by atoms with van der Waals surface area (Å²) in [5.74, 6) is 0.866. The zero-order valence-electron chi connectivity index (χ0n) is 11.5. The van der Waals surface area contributed by atoms with E-state index in [1.807, 2.05) is 0 Å². The summed E-state index contributed by atoms with van der Waals surface area (Å²) in [6, 6.07) is 10.5. The topological polar surface area (TPSA) is 15.3 Å². The lowest BCUT2D eigenvalue weighted by Gasteiger charge is -2.36. The second-order valence-corrected chi connectivity index (χ2v) is 6.18. The molecule has 1 aromatic rings. The maximum atomic E-state index is 3.59. The first-order valence-electron chi connectivity index (χ1n) is 7.28. The van der Waals surface area contributed by atoms with Crippen LogP contribution in [0, 0.1) is 0 Å². The molecule has 1 N–H and O–H groups in total. The van der Waals surface area contributed by atoms with E-state index in [0.29, 0.717) is 12.1 Å². The number of hydrogen-bond acceptors (Lipinski definition) is 2. The molecule has 1 aliphatic carbocycles. The van der Waals surface area contributed by atoms with Gasteiger partial charge in [-0.1, -0.05) is 24.3 Å². The number of benzene rings is 1. The number of rotatable bonds is 3. The highest BCUT2D eigenvalue weighted by Crippen LogP contribution is 2.40. The summed E-state index contributed by atoms with van der Waals surface area (Å²) in [7, 11) is 0. The van der Waals surface area contributed by atoms with Crippen LogP contribution in [0.1, 0.15) is 43.7 Å². The van der Waals surface area contributed by atoms with E-state index in [1.165, 1.54) is 18.4 Å². The molecule has 0 amide bonds. The first kappa shape index (κ1) is 12.2. The monoisotopic (exact) mass is 244 g/mol. The van der Waals surface area contributed by atoms with Crippen LogP contribution in [0.2, 0.25) is 0 Å². The fourth-order valence-corrected chi connectivity index (χ4v) is 3.19. The van der Waals surface area contributed by atoms with Crippen molar-refractivity contribution in [3.8, 4) is 0 Å². The van der Waals surface area contributed by atoms with Gasteiger partial charge in [-0.15, -0.1) is 0 Å². The highest BCUT2D eigenvalue weighted by Gasteiger charge is 2.24. The molecule has 0 spiro atoms. The second-order valence-electron chi connectivity index (χ2n) is 6.18. The summed E-state index contributed by atoms with van der Waals surface area (Å²) in [6.45, 7) is 8.00. The van der Waals surface area contributed by atoms with Crippen molar-refractivity contribution < 1.29 is 0 Å². The third-order valence-corrected chi connectivity index (χ3v) is 4.04. The first-order chi connectivity index (χ1) is 8.70. The Morgan fingerprint density at radius 2 is 1.89 bits per heavy atom. The van der Waals surface area contributed by atoms with Crippen LogP contribution >= 0.6 is 0 Å². The Labute approximate surface area is 110 Å². The van der Waals surface area contributed by atoms with E-state index in [0.717, 1.165) is 25.6 Å². The third-order valence-electron chi connectivity index (χ3n) is 4.04. The number of nitrogens with zero attached hydrogens (tertiary/aromatic N) is 1. The maximum absolute atomic E-state index is 3.59. The van der Waals surface area contributed by atoms with Crippen LogP contribution in [0.15, 0.2) is 24.3 Å². The van der Waals surface area contributed by atoms with Crippen molar-refractivity contribution in [1.82, 2.24) is 10.2 Å². The fourth-order valence-electron chi connectivity index (χ4n) is 3.19. The molecule has 1 saturated heterocycles. The number of nitrogens with one attached hydrogen (secondary N) is 1. The minimum absolute atomic E-state index is 0.611. The predicted octanol–water partition coefficient (Wildman–Crippen LogP) is 2.75. The van der Waals surface area contributed by atoms with Crippen LogP contribution in [0.25, 0.3) is 0 Å². The van der Waals surface area contributed by atoms with E-state index < -0.39 is 0 Å². The smallest absolute Gasteiger partial charge is 0.0235 e. The van der Waals surface area contributed by atoms with E-state index in [9.17, 15) is 0 Å². The van der Waals surface area contributed by atoms with Gasteiger partial charge < -0.3 is 5.32 Å². The zero-order valence-corrected chi connectivity index (χ0v) is 11.5.